The number of anilines is 1. The van der Waals surface area contributed by atoms with Gasteiger partial charge in [-0.25, -0.2) is 13.2 Å². The number of aromatic carboxylic acids is 1. The highest BCUT2D eigenvalue weighted by atomic mass is 32.2. The normalized spacial score (nSPS) is 11.3. The minimum Gasteiger partial charge on any atom is -0.478 e. The summed E-state index contributed by atoms with van der Waals surface area (Å²) in [5.74, 6) is -1.08. The summed E-state index contributed by atoms with van der Waals surface area (Å²) < 4.78 is 26.8. The first-order valence-corrected chi connectivity index (χ1v) is 8.08. The van der Waals surface area contributed by atoms with Crippen LogP contribution in [0.4, 0.5) is 5.69 Å². The first-order chi connectivity index (χ1) is 9.31. The van der Waals surface area contributed by atoms with E-state index in [0.29, 0.717) is 11.1 Å². The van der Waals surface area contributed by atoms with Gasteiger partial charge in [0.2, 0.25) is 0 Å². The smallest absolute Gasteiger partial charge is 0.336 e. The van der Waals surface area contributed by atoms with Crippen LogP contribution < -0.4 is 4.72 Å². The fourth-order valence-corrected chi connectivity index (χ4v) is 3.80. The van der Waals surface area contributed by atoms with E-state index in [4.69, 9.17) is 5.11 Å². The van der Waals surface area contributed by atoms with E-state index in [1.807, 2.05) is 0 Å². The van der Waals surface area contributed by atoms with Crippen molar-refractivity contribution in [3.8, 4) is 0 Å². The molecular weight excluding hydrogens is 298 g/mol. The summed E-state index contributed by atoms with van der Waals surface area (Å²) in [6, 6.07) is 6.08. The topological polar surface area (TPSA) is 83.5 Å². The molecule has 0 amide bonds. The number of carbonyl (C=O) groups is 1. The van der Waals surface area contributed by atoms with Gasteiger partial charge in [-0.2, -0.15) is 0 Å². The average molecular weight is 311 g/mol. The molecule has 1 aromatic carbocycles. The van der Waals surface area contributed by atoms with Crippen molar-refractivity contribution in [2.24, 2.45) is 0 Å². The molecule has 0 unspecified atom stereocenters. The van der Waals surface area contributed by atoms with Crippen LogP contribution >= 0.6 is 11.3 Å². The van der Waals surface area contributed by atoms with E-state index in [0.717, 1.165) is 11.3 Å². The van der Waals surface area contributed by atoms with Crippen molar-refractivity contribution in [1.29, 1.82) is 0 Å². The summed E-state index contributed by atoms with van der Waals surface area (Å²) in [5.41, 5.74) is 1.68. The molecule has 0 aliphatic heterocycles. The Morgan fingerprint density at radius 2 is 2.00 bits per heavy atom. The van der Waals surface area contributed by atoms with Crippen molar-refractivity contribution >= 4 is 33.0 Å². The monoisotopic (exact) mass is 311 g/mol. The number of benzene rings is 1. The SMILES string of the molecule is Cc1cc(NS(=O)(=O)c2cccs2)cc(C(=O)O)c1C. The molecule has 0 radical (unpaired) electrons. The number of sulfonamides is 1. The Labute approximate surface area is 120 Å². The predicted octanol–water partition coefficient (Wildman–Crippen LogP) is 2.86. The number of rotatable bonds is 4. The van der Waals surface area contributed by atoms with E-state index < -0.39 is 16.0 Å². The third kappa shape index (κ3) is 2.83. The number of carboxylic acid groups (broad SMARTS) is 1. The number of nitrogens with one attached hydrogen (secondary N) is 1. The Balaban J connectivity index is 2.43. The molecule has 2 aromatic rings. The van der Waals surface area contributed by atoms with Gasteiger partial charge in [0.1, 0.15) is 4.21 Å². The lowest BCUT2D eigenvalue weighted by Gasteiger charge is -2.11. The molecule has 7 heteroatoms. The zero-order valence-electron chi connectivity index (χ0n) is 10.9. The zero-order valence-corrected chi connectivity index (χ0v) is 12.5. The zero-order chi connectivity index (χ0) is 14.9. The van der Waals surface area contributed by atoms with Crippen molar-refractivity contribution < 1.29 is 18.3 Å². The van der Waals surface area contributed by atoms with Crippen molar-refractivity contribution in [1.82, 2.24) is 0 Å². The van der Waals surface area contributed by atoms with Crippen LogP contribution in [0.5, 0.6) is 0 Å². The molecule has 0 aliphatic rings. The van der Waals surface area contributed by atoms with Gasteiger partial charge in [0, 0.05) is 5.69 Å². The number of carboxylic acids is 1. The van der Waals surface area contributed by atoms with Crippen molar-refractivity contribution in [2.75, 3.05) is 4.72 Å². The number of thiophene rings is 1. The minimum atomic E-state index is -3.67. The Morgan fingerprint density at radius 1 is 1.30 bits per heavy atom. The lowest BCUT2D eigenvalue weighted by atomic mass is 10.0. The second-order valence-electron chi connectivity index (χ2n) is 4.31. The standard InChI is InChI=1S/C13H13NO4S2/c1-8-6-10(7-11(9(8)2)13(15)16)14-20(17,18)12-4-3-5-19-12/h3-7,14H,1-2H3,(H,15,16). The van der Waals surface area contributed by atoms with Gasteiger partial charge >= 0.3 is 5.97 Å². The van der Waals surface area contributed by atoms with Crippen molar-refractivity contribution in [2.45, 2.75) is 18.1 Å². The van der Waals surface area contributed by atoms with Crippen LogP contribution in [0.3, 0.4) is 0 Å². The quantitative estimate of drug-likeness (QED) is 0.909. The van der Waals surface area contributed by atoms with Crippen LogP contribution in [-0.2, 0) is 10.0 Å². The number of aryl methyl sites for hydroxylation is 1. The van der Waals surface area contributed by atoms with E-state index in [1.165, 1.54) is 12.1 Å². The molecule has 2 N–H and O–H groups in total. The maximum absolute atomic E-state index is 12.1. The van der Waals surface area contributed by atoms with Crippen LogP contribution in [0.15, 0.2) is 33.9 Å². The van der Waals surface area contributed by atoms with Gasteiger partial charge in [-0.3, -0.25) is 4.72 Å². The van der Waals surface area contributed by atoms with Crippen LogP contribution in [0, 0.1) is 13.8 Å². The molecule has 0 bridgehead atoms. The second kappa shape index (κ2) is 5.26. The summed E-state index contributed by atoms with van der Waals surface area (Å²) in [6.45, 7) is 3.43. The average Bonchev–Trinajstić information content (AvgIpc) is 2.87. The Morgan fingerprint density at radius 3 is 2.55 bits per heavy atom. The largest absolute Gasteiger partial charge is 0.478 e. The minimum absolute atomic E-state index is 0.0916. The van der Waals surface area contributed by atoms with Gasteiger partial charge in [0.05, 0.1) is 5.56 Å². The van der Waals surface area contributed by atoms with Gasteiger partial charge in [-0.15, -0.1) is 11.3 Å². The van der Waals surface area contributed by atoms with Gasteiger partial charge in [0.15, 0.2) is 0 Å². The van der Waals surface area contributed by atoms with Crippen LogP contribution in [0.2, 0.25) is 0 Å². The molecule has 106 valence electrons. The lowest BCUT2D eigenvalue weighted by molar-refractivity contribution is 0.0696. The highest BCUT2D eigenvalue weighted by Gasteiger charge is 2.17. The molecule has 0 saturated heterocycles. The Kier molecular flexibility index (Phi) is 3.82. The molecule has 0 atom stereocenters. The van der Waals surface area contributed by atoms with E-state index in [9.17, 15) is 13.2 Å². The molecule has 1 heterocycles. The predicted molar refractivity (Wildman–Crippen MR) is 78.0 cm³/mol. The van der Waals surface area contributed by atoms with Gasteiger partial charge in [0.25, 0.3) is 10.0 Å². The molecule has 0 aliphatic carbocycles. The van der Waals surface area contributed by atoms with Crippen LogP contribution in [0.25, 0.3) is 0 Å². The highest BCUT2D eigenvalue weighted by Crippen LogP contribution is 2.24. The van der Waals surface area contributed by atoms with Gasteiger partial charge in [-0.1, -0.05) is 6.07 Å². The maximum Gasteiger partial charge on any atom is 0.336 e. The number of hydrogen-bond acceptors (Lipinski definition) is 4. The summed E-state index contributed by atoms with van der Waals surface area (Å²) in [7, 11) is -3.67. The highest BCUT2D eigenvalue weighted by molar-refractivity contribution is 7.94. The fraction of sp³-hybridized carbons (Fsp3) is 0.154. The molecule has 20 heavy (non-hydrogen) atoms. The van der Waals surface area contributed by atoms with E-state index in [2.05, 4.69) is 4.72 Å². The first-order valence-electron chi connectivity index (χ1n) is 5.72. The van der Waals surface area contributed by atoms with E-state index >= 15 is 0 Å². The third-order valence-corrected chi connectivity index (χ3v) is 5.69. The summed E-state index contributed by atoms with van der Waals surface area (Å²) in [4.78, 5) is 11.1. The van der Waals surface area contributed by atoms with Gasteiger partial charge in [-0.05, 0) is 48.6 Å². The van der Waals surface area contributed by atoms with Crippen molar-refractivity contribution in [3.63, 3.8) is 0 Å². The van der Waals surface area contributed by atoms with E-state index in [-0.39, 0.29) is 15.5 Å². The summed E-state index contributed by atoms with van der Waals surface area (Å²) >= 11 is 1.10. The summed E-state index contributed by atoms with van der Waals surface area (Å²) in [6.07, 6.45) is 0. The molecule has 2 rings (SSSR count). The molecule has 0 saturated carbocycles. The molecule has 0 fully saturated rings. The van der Waals surface area contributed by atoms with Crippen LogP contribution in [-0.4, -0.2) is 19.5 Å². The fourth-order valence-electron chi connectivity index (χ4n) is 1.76. The molecule has 5 nitrogen and oxygen atoms in total. The molecular formula is C13H13NO4S2. The van der Waals surface area contributed by atoms with Gasteiger partial charge < -0.3 is 5.11 Å². The maximum atomic E-state index is 12.1. The van der Waals surface area contributed by atoms with Crippen molar-refractivity contribution in [3.05, 3.63) is 46.3 Å². The summed E-state index contributed by atoms with van der Waals surface area (Å²) in [5, 5.41) is 10.8. The molecule has 0 spiro atoms. The van der Waals surface area contributed by atoms with Crippen LogP contribution in [0.1, 0.15) is 21.5 Å². The lowest BCUT2D eigenvalue weighted by Crippen LogP contribution is -2.13. The molecule has 1 aromatic heterocycles. The third-order valence-electron chi connectivity index (χ3n) is 2.91. The second-order valence-corrected chi connectivity index (χ2v) is 7.17. The number of hydrogen-bond donors (Lipinski definition) is 2. The Bertz CT molecular complexity index is 749. The van der Waals surface area contributed by atoms with E-state index in [1.54, 1.807) is 31.4 Å². The first kappa shape index (κ1) is 14.5. The Hall–Kier alpha value is -1.86.